The van der Waals surface area contributed by atoms with Crippen LogP contribution in [-0.2, 0) is 0 Å². The van der Waals surface area contributed by atoms with Crippen molar-refractivity contribution in [3.63, 3.8) is 0 Å². The molecule has 5 heteroatoms. The maximum Gasteiger partial charge on any atom is 0.252 e. The van der Waals surface area contributed by atoms with Gasteiger partial charge in [-0.25, -0.2) is 0 Å². The number of nitrogens with zero attached hydrogens (tertiary/aromatic N) is 1. The molecule has 1 aromatic carbocycles. The number of hydrogen-bond acceptors (Lipinski definition) is 3. The van der Waals surface area contributed by atoms with Crippen LogP contribution in [0.3, 0.4) is 0 Å². The van der Waals surface area contributed by atoms with Crippen molar-refractivity contribution in [1.82, 2.24) is 0 Å². The molecule has 0 bridgehead atoms. The summed E-state index contributed by atoms with van der Waals surface area (Å²) in [5, 5.41) is 0.425. The van der Waals surface area contributed by atoms with Crippen LogP contribution in [0.5, 0.6) is 0 Å². The number of carbonyl (C=O) groups excluding carboxylic acids is 1. The van der Waals surface area contributed by atoms with Crippen LogP contribution in [0.2, 0.25) is 5.02 Å². The Morgan fingerprint density at radius 3 is 2.63 bits per heavy atom. The van der Waals surface area contributed by atoms with E-state index in [1.807, 2.05) is 12.1 Å². The number of nitrogens with two attached hydrogens (primary N) is 2. The second-order valence-electron chi connectivity index (χ2n) is 5.01. The van der Waals surface area contributed by atoms with Gasteiger partial charge >= 0.3 is 0 Å². The van der Waals surface area contributed by atoms with Gasteiger partial charge in [0.15, 0.2) is 0 Å². The average molecular weight is 282 g/mol. The monoisotopic (exact) mass is 281 g/mol. The third-order valence-electron chi connectivity index (χ3n) is 3.77. The average Bonchev–Trinajstić information content (AvgIpc) is 2.39. The first-order valence-electron chi connectivity index (χ1n) is 6.66. The van der Waals surface area contributed by atoms with Gasteiger partial charge in [-0.05, 0) is 43.9 Å². The number of amides is 1. The Morgan fingerprint density at radius 1 is 1.37 bits per heavy atom. The first-order valence-corrected chi connectivity index (χ1v) is 7.04. The van der Waals surface area contributed by atoms with Crippen LogP contribution in [0.25, 0.3) is 0 Å². The quantitative estimate of drug-likeness (QED) is 0.887. The van der Waals surface area contributed by atoms with Crippen LogP contribution in [-0.4, -0.2) is 25.5 Å². The van der Waals surface area contributed by atoms with E-state index in [9.17, 15) is 4.79 Å². The topological polar surface area (TPSA) is 72.3 Å². The first-order chi connectivity index (χ1) is 9.13. The molecule has 1 heterocycles. The summed E-state index contributed by atoms with van der Waals surface area (Å²) in [7, 11) is 0. The third-order valence-corrected chi connectivity index (χ3v) is 4.08. The summed E-state index contributed by atoms with van der Waals surface area (Å²) >= 11 is 6.08. The van der Waals surface area contributed by atoms with Gasteiger partial charge in [0.05, 0.1) is 16.3 Å². The molecule has 0 spiro atoms. The molecule has 1 aliphatic rings. The zero-order chi connectivity index (χ0) is 13.8. The van der Waals surface area contributed by atoms with Gasteiger partial charge in [-0.3, -0.25) is 4.79 Å². The highest BCUT2D eigenvalue weighted by atomic mass is 35.5. The Balaban J connectivity index is 2.15. The largest absolute Gasteiger partial charge is 0.371 e. The zero-order valence-electron chi connectivity index (χ0n) is 10.9. The number of primary amides is 1. The van der Waals surface area contributed by atoms with Gasteiger partial charge in [0, 0.05) is 13.1 Å². The molecule has 0 radical (unpaired) electrons. The summed E-state index contributed by atoms with van der Waals surface area (Å²) < 4.78 is 0. The van der Waals surface area contributed by atoms with Crippen molar-refractivity contribution < 1.29 is 4.79 Å². The minimum absolute atomic E-state index is 0.425. The molecule has 1 fully saturated rings. The molecule has 1 saturated heterocycles. The molecule has 0 atom stereocenters. The van der Waals surface area contributed by atoms with Crippen LogP contribution >= 0.6 is 11.6 Å². The van der Waals surface area contributed by atoms with Gasteiger partial charge in [-0.2, -0.15) is 0 Å². The van der Waals surface area contributed by atoms with E-state index in [-0.39, 0.29) is 0 Å². The van der Waals surface area contributed by atoms with E-state index < -0.39 is 5.91 Å². The van der Waals surface area contributed by atoms with Crippen molar-refractivity contribution in [3.8, 4) is 0 Å². The predicted molar refractivity (Wildman–Crippen MR) is 78.6 cm³/mol. The Hall–Kier alpha value is -1.26. The van der Waals surface area contributed by atoms with Crippen molar-refractivity contribution >= 4 is 23.2 Å². The van der Waals surface area contributed by atoms with E-state index in [0.29, 0.717) is 16.5 Å². The van der Waals surface area contributed by atoms with Crippen LogP contribution in [0.4, 0.5) is 5.69 Å². The van der Waals surface area contributed by atoms with E-state index in [4.69, 9.17) is 23.1 Å². The fraction of sp³-hybridized carbons (Fsp3) is 0.500. The number of rotatable bonds is 4. The number of anilines is 1. The second kappa shape index (κ2) is 6.26. The lowest BCUT2D eigenvalue weighted by Crippen LogP contribution is -2.35. The third kappa shape index (κ3) is 3.19. The normalized spacial score (nSPS) is 16.6. The highest BCUT2D eigenvalue weighted by molar-refractivity contribution is 6.34. The number of piperidine rings is 1. The Kier molecular flexibility index (Phi) is 4.66. The van der Waals surface area contributed by atoms with Crippen molar-refractivity contribution in [2.24, 2.45) is 17.4 Å². The van der Waals surface area contributed by atoms with Gasteiger partial charge in [-0.1, -0.05) is 17.7 Å². The molecule has 4 nitrogen and oxygen atoms in total. The van der Waals surface area contributed by atoms with Crippen LogP contribution < -0.4 is 16.4 Å². The fourth-order valence-corrected chi connectivity index (χ4v) is 2.98. The molecule has 2 rings (SSSR count). The number of halogens is 1. The molecule has 104 valence electrons. The molecule has 19 heavy (non-hydrogen) atoms. The van der Waals surface area contributed by atoms with Crippen molar-refractivity contribution in [2.75, 3.05) is 24.5 Å². The van der Waals surface area contributed by atoms with E-state index in [0.717, 1.165) is 44.6 Å². The van der Waals surface area contributed by atoms with Gasteiger partial charge in [-0.15, -0.1) is 0 Å². The van der Waals surface area contributed by atoms with Crippen molar-refractivity contribution in [2.45, 2.75) is 19.3 Å². The van der Waals surface area contributed by atoms with E-state index in [1.54, 1.807) is 6.07 Å². The molecule has 1 aliphatic heterocycles. The predicted octanol–water partition coefficient (Wildman–Crippen LogP) is 2.00. The summed E-state index contributed by atoms with van der Waals surface area (Å²) in [6, 6.07) is 5.47. The summed E-state index contributed by atoms with van der Waals surface area (Å²) in [6.45, 7) is 2.59. The molecule has 0 aliphatic carbocycles. The van der Waals surface area contributed by atoms with Gasteiger partial charge in [0.1, 0.15) is 0 Å². The zero-order valence-corrected chi connectivity index (χ0v) is 11.7. The van der Waals surface area contributed by atoms with E-state index >= 15 is 0 Å². The highest BCUT2D eigenvalue weighted by Gasteiger charge is 2.23. The van der Waals surface area contributed by atoms with Crippen molar-refractivity contribution in [3.05, 3.63) is 28.8 Å². The summed E-state index contributed by atoms with van der Waals surface area (Å²) in [5.74, 6) is 0.224. The minimum atomic E-state index is -0.468. The molecule has 0 saturated carbocycles. The Bertz CT molecular complexity index is 456. The molecule has 1 amide bonds. The number of benzene rings is 1. The first kappa shape index (κ1) is 14.2. The minimum Gasteiger partial charge on any atom is -0.371 e. The summed E-state index contributed by atoms with van der Waals surface area (Å²) in [6.07, 6.45) is 3.27. The second-order valence-corrected chi connectivity index (χ2v) is 5.41. The van der Waals surface area contributed by atoms with Gasteiger partial charge in [0.25, 0.3) is 5.91 Å². The summed E-state index contributed by atoms with van der Waals surface area (Å²) in [4.78, 5) is 13.7. The Labute approximate surface area is 118 Å². The van der Waals surface area contributed by atoms with Crippen LogP contribution in [0.15, 0.2) is 18.2 Å². The molecule has 1 aromatic rings. The molecule has 4 N–H and O–H groups in total. The van der Waals surface area contributed by atoms with E-state index in [2.05, 4.69) is 4.90 Å². The van der Waals surface area contributed by atoms with Gasteiger partial charge in [0.2, 0.25) is 0 Å². The van der Waals surface area contributed by atoms with Gasteiger partial charge < -0.3 is 16.4 Å². The van der Waals surface area contributed by atoms with Crippen LogP contribution in [0.1, 0.15) is 29.6 Å². The lowest BCUT2D eigenvalue weighted by Gasteiger charge is -2.34. The van der Waals surface area contributed by atoms with E-state index in [1.165, 1.54) is 0 Å². The lowest BCUT2D eigenvalue weighted by atomic mass is 9.93. The van der Waals surface area contributed by atoms with Crippen molar-refractivity contribution in [1.29, 1.82) is 0 Å². The maximum atomic E-state index is 11.5. The molecule has 0 aromatic heterocycles. The van der Waals surface area contributed by atoms with Crippen LogP contribution in [0, 0.1) is 5.92 Å². The maximum absolute atomic E-state index is 11.5. The fourth-order valence-electron chi connectivity index (χ4n) is 2.72. The number of hydrogen-bond donors (Lipinski definition) is 2. The molecular formula is C14H20ClN3O. The SMILES string of the molecule is NCCC1CCN(c2cccc(Cl)c2C(N)=O)CC1. The smallest absolute Gasteiger partial charge is 0.252 e. The summed E-state index contributed by atoms with van der Waals surface area (Å²) in [5.41, 5.74) is 12.3. The number of carbonyl (C=O) groups is 1. The highest BCUT2D eigenvalue weighted by Crippen LogP contribution is 2.31. The molecule has 0 unspecified atom stereocenters. The lowest BCUT2D eigenvalue weighted by molar-refractivity contribution is 0.100. The molecular weight excluding hydrogens is 262 g/mol. The standard InChI is InChI=1S/C14H20ClN3O/c15-11-2-1-3-12(13(11)14(17)19)18-8-5-10(4-7-16)6-9-18/h1-3,10H,4-9,16H2,(H2,17,19). The Morgan fingerprint density at radius 2 is 2.05 bits per heavy atom.